The lowest BCUT2D eigenvalue weighted by molar-refractivity contribution is -0.150. The third-order valence-corrected chi connectivity index (χ3v) is 4.07. The molecule has 2 rings (SSSR count). The Balaban J connectivity index is 2.23. The van der Waals surface area contributed by atoms with E-state index in [1.54, 1.807) is 18.2 Å². The molecule has 0 heterocycles. The van der Waals surface area contributed by atoms with E-state index in [1.165, 1.54) is 13.2 Å². The SMILES string of the molecule is COC(=O)[C@@H]1C(=O)C=C(Nc2c(Cl)cccc2Cl)C[C@H]1C. The number of allylic oxidation sites excluding steroid dienone is 2. The van der Waals surface area contributed by atoms with Gasteiger partial charge in [0.15, 0.2) is 5.78 Å². The molecule has 4 nitrogen and oxygen atoms in total. The van der Waals surface area contributed by atoms with Gasteiger partial charge in [-0.3, -0.25) is 9.59 Å². The predicted molar refractivity (Wildman–Crippen MR) is 82.5 cm³/mol. The fourth-order valence-electron chi connectivity index (χ4n) is 2.41. The summed E-state index contributed by atoms with van der Waals surface area (Å²) in [6.07, 6.45) is 1.95. The van der Waals surface area contributed by atoms with Gasteiger partial charge in [0, 0.05) is 11.8 Å². The molecule has 0 bridgehead atoms. The summed E-state index contributed by atoms with van der Waals surface area (Å²) in [6, 6.07) is 5.16. The average Bonchev–Trinajstić information content (AvgIpc) is 2.42. The van der Waals surface area contributed by atoms with E-state index in [0.717, 1.165) is 0 Å². The number of esters is 1. The number of anilines is 1. The number of para-hydroxylation sites is 1. The van der Waals surface area contributed by atoms with Crippen molar-refractivity contribution in [1.82, 2.24) is 0 Å². The second-order valence-corrected chi connectivity index (χ2v) is 5.79. The Hall–Kier alpha value is -1.52. The second-order valence-electron chi connectivity index (χ2n) is 4.98. The van der Waals surface area contributed by atoms with Crippen molar-refractivity contribution in [3.63, 3.8) is 0 Å². The summed E-state index contributed by atoms with van der Waals surface area (Å²) >= 11 is 12.2. The van der Waals surface area contributed by atoms with Gasteiger partial charge in [0.1, 0.15) is 5.92 Å². The van der Waals surface area contributed by atoms with Gasteiger partial charge < -0.3 is 10.1 Å². The number of hydrogen-bond donors (Lipinski definition) is 1. The highest BCUT2D eigenvalue weighted by atomic mass is 35.5. The number of nitrogens with one attached hydrogen (secondary N) is 1. The van der Waals surface area contributed by atoms with Crippen LogP contribution in [0.25, 0.3) is 0 Å². The number of halogens is 2. The summed E-state index contributed by atoms with van der Waals surface area (Å²) in [6.45, 7) is 1.84. The smallest absolute Gasteiger partial charge is 0.316 e. The molecule has 0 radical (unpaired) electrons. The van der Waals surface area contributed by atoms with Gasteiger partial charge in [0.05, 0.1) is 22.8 Å². The summed E-state index contributed by atoms with van der Waals surface area (Å²) in [4.78, 5) is 23.7. The minimum Gasteiger partial charge on any atom is -0.468 e. The van der Waals surface area contributed by atoms with Crippen LogP contribution >= 0.6 is 23.2 Å². The Bertz CT molecular complexity index is 593. The monoisotopic (exact) mass is 327 g/mol. The first-order valence-corrected chi connectivity index (χ1v) is 7.23. The molecular weight excluding hydrogens is 313 g/mol. The molecule has 112 valence electrons. The average molecular weight is 328 g/mol. The Morgan fingerprint density at radius 3 is 2.48 bits per heavy atom. The zero-order chi connectivity index (χ0) is 15.6. The molecule has 0 saturated carbocycles. The number of benzene rings is 1. The molecule has 21 heavy (non-hydrogen) atoms. The standard InChI is InChI=1S/C15H15Cl2NO3/c1-8-6-9(7-12(19)13(8)15(20)21-2)18-14-10(16)4-3-5-11(14)17/h3-5,7-8,13,18H,6H2,1-2H3/t8-,13+/m1/s1. The molecule has 0 unspecified atom stereocenters. The highest BCUT2D eigenvalue weighted by Gasteiger charge is 2.35. The van der Waals surface area contributed by atoms with E-state index in [4.69, 9.17) is 23.2 Å². The third kappa shape index (κ3) is 3.39. The van der Waals surface area contributed by atoms with Crippen LogP contribution in [0.1, 0.15) is 13.3 Å². The van der Waals surface area contributed by atoms with Gasteiger partial charge >= 0.3 is 5.97 Å². The zero-order valence-corrected chi connectivity index (χ0v) is 13.2. The number of rotatable bonds is 3. The number of carbonyl (C=O) groups is 2. The lowest BCUT2D eigenvalue weighted by Crippen LogP contribution is -2.34. The minimum absolute atomic E-state index is 0.154. The lowest BCUT2D eigenvalue weighted by atomic mass is 9.82. The molecule has 0 amide bonds. The maximum absolute atomic E-state index is 12.1. The van der Waals surface area contributed by atoms with E-state index in [2.05, 4.69) is 10.1 Å². The maximum atomic E-state index is 12.1. The zero-order valence-electron chi connectivity index (χ0n) is 11.7. The molecule has 0 aromatic heterocycles. The van der Waals surface area contributed by atoms with Gasteiger partial charge in [-0.25, -0.2) is 0 Å². The number of carbonyl (C=O) groups excluding carboxylic acids is 2. The summed E-state index contributed by atoms with van der Waals surface area (Å²) < 4.78 is 4.67. The van der Waals surface area contributed by atoms with Crippen molar-refractivity contribution in [3.05, 3.63) is 40.0 Å². The first-order valence-electron chi connectivity index (χ1n) is 6.47. The largest absolute Gasteiger partial charge is 0.468 e. The molecule has 0 fully saturated rings. The summed E-state index contributed by atoms with van der Waals surface area (Å²) in [7, 11) is 1.28. The predicted octanol–water partition coefficient (Wildman–Crippen LogP) is 3.69. The van der Waals surface area contributed by atoms with Crippen LogP contribution in [0.3, 0.4) is 0 Å². The van der Waals surface area contributed by atoms with Crippen molar-refractivity contribution in [2.24, 2.45) is 11.8 Å². The summed E-state index contributed by atoms with van der Waals surface area (Å²) in [5.74, 6) is -1.68. The van der Waals surface area contributed by atoms with Crippen LogP contribution in [-0.4, -0.2) is 18.9 Å². The van der Waals surface area contributed by atoms with Crippen molar-refractivity contribution in [2.75, 3.05) is 12.4 Å². The highest BCUT2D eigenvalue weighted by molar-refractivity contribution is 6.39. The van der Waals surface area contributed by atoms with Gasteiger partial charge in [0.2, 0.25) is 0 Å². The van der Waals surface area contributed by atoms with Crippen LogP contribution in [0.4, 0.5) is 5.69 Å². The Kier molecular flexibility index (Phi) is 4.91. The summed E-state index contributed by atoms with van der Waals surface area (Å²) in [5.41, 5.74) is 1.24. The fourth-order valence-corrected chi connectivity index (χ4v) is 2.90. The van der Waals surface area contributed by atoms with Crippen LogP contribution in [0.2, 0.25) is 10.0 Å². The first-order chi connectivity index (χ1) is 9.93. The van der Waals surface area contributed by atoms with Gasteiger partial charge in [-0.2, -0.15) is 0 Å². The summed E-state index contributed by atoms with van der Waals surface area (Å²) in [5, 5.41) is 4.02. The molecule has 1 aliphatic rings. The van der Waals surface area contributed by atoms with Gasteiger partial charge in [-0.15, -0.1) is 0 Å². The van der Waals surface area contributed by atoms with Crippen molar-refractivity contribution in [1.29, 1.82) is 0 Å². The van der Waals surface area contributed by atoms with E-state index >= 15 is 0 Å². The fraction of sp³-hybridized carbons (Fsp3) is 0.333. The number of hydrogen-bond acceptors (Lipinski definition) is 4. The molecule has 1 N–H and O–H groups in total. The Morgan fingerprint density at radius 2 is 1.95 bits per heavy atom. The van der Waals surface area contributed by atoms with E-state index in [1.807, 2.05) is 6.92 Å². The molecule has 2 atom stereocenters. The maximum Gasteiger partial charge on any atom is 0.316 e. The number of methoxy groups -OCH3 is 1. The van der Waals surface area contributed by atoms with Crippen LogP contribution in [0.15, 0.2) is 30.0 Å². The second kappa shape index (κ2) is 6.50. The van der Waals surface area contributed by atoms with Crippen molar-refractivity contribution >= 4 is 40.6 Å². The van der Waals surface area contributed by atoms with Crippen LogP contribution in [0, 0.1) is 11.8 Å². The van der Waals surface area contributed by atoms with Crippen molar-refractivity contribution < 1.29 is 14.3 Å². The molecule has 6 heteroatoms. The van der Waals surface area contributed by atoms with E-state index in [9.17, 15) is 9.59 Å². The molecule has 1 aliphatic carbocycles. The third-order valence-electron chi connectivity index (χ3n) is 3.44. The molecular formula is C15H15Cl2NO3. The van der Waals surface area contributed by atoms with Crippen LogP contribution < -0.4 is 5.32 Å². The lowest BCUT2D eigenvalue weighted by Gasteiger charge is -2.26. The number of ether oxygens (including phenoxy) is 1. The van der Waals surface area contributed by atoms with Crippen LogP contribution in [0.5, 0.6) is 0 Å². The molecule has 0 aliphatic heterocycles. The van der Waals surface area contributed by atoms with E-state index in [0.29, 0.717) is 27.9 Å². The quantitative estimate of drug-likeness (QED) is 0.679. The minimum atomic E-state index is -0.748. The van der Waals surface area contributed by atoms with Crippen LogP contribution in [-0.2, 0) is 14.3 Å². The van der Waals surface area contributed by atoms with E-state index in [-0.39, 0.29) is 11.7 Å². The Morgan fingerprint density at radius 1 is 1.33 bits per heavy atom. The topological polar surface area (TPSA) is 55.4 Å². The number of ketones is 1. The Labute approximate surface area is 133 Å². The van der Waals surface area contributed by atoms with Gasteiger partial charge in [0.25, 0.3) is 0 Å². The normalized spacial score (nSPS) is 21.7. The van der Waals surface area contributed by atoms with Crippen molar-refractivity contribution in [3.8, 4) is 0 Å². The van der Waals surface area contributed by atoms with Gasteiger partial charge in [-0.1, -0.05) is 36.2 Å². The van der Waals surface area contributed by atoms with Crippen molar-refractivity contribution in [2.45, 2.75) is 13.3 Å². The molecule has 0 spiro atoms. The molecule has 1 aromatic rings. The first kappa shape index (κ1) is 15.9. The molecule has 0 saturated heterocycles. The van der Waals surface area contributed by atoms with Gasteiger partial charge in [-0.05, 0) is 24.5 Å². The van der Waals surface area contributed by atoms with E-state index < -0.39 is 11.9 Å². The molecule has 1 aromatic carbocycles. The highest BCUT2D eigenvalue weighted by Crippen LogP contribution is 2.34.